The van der Waals surface area contributed by atoms with Crippen LogP contribution >= 0.6 is 15.9 Å². The van der Waals surface area contributed by atoms with Crippen molar-refractivity contribution in [2.24, 2.45) is 0 Å². The maximum Gasteiger partial charge on any atom is 0.129 e. The SMILES string of the molecule is CC(O)(c1cccc(Br)c1)c1cc(F)ccc1F. The van der Waals surface area contributed by atoms with Gasteiger partial charge in [0.05, 0.1) is 0 Å². The molecular weight excluding hydrogens is 302 g/mol. The lowest BCUT2D eigenvalue weighted by molar-refractivity contribution is 0.0974. The Morgan fingerprint density at radius 1 is 1.11 bits per heavy atom. The molecule has 0 bridgehead atoms. The minimum absolute atomic E-state index is 0.0828. The van der Waals surface area contributed by atoms with Crippen LogP contribution in [-0.4, -0.2) is 5.11 Å². The Hall–Kier alpha value is -1.26. The third-order valence-corrected chi connectivity index (χ3v) is 3.33. The number of aliphatic hydroxyl groups is 1. The number of hydrogen-bond donors (Lipinski definition) is 1. The van der Waals surface area contributed by atoms with E-state index >= 15 is 0 Å². The number of benzene rings is 2. The summed E-state index contributed by atoms with van der Waals surface area (Å²) in [5, 5.41) is 10.5. The van der Waals surface area contributed by atoms with Crippen LogP contribution < -0.4 is 0 Å². The maximum atomic E-state index is 13.7. The monoisotopic (exact) mass is 312 g/mol. The first kappa shape index (κ1) is 13.2. The van der Waals surface area contributed by atoms with E-state index in [2.05, 4.69) is 15.9 Å². The molecule has 0 saturated heterocycles. The highest BCUT2D eigenvalue weighted by atomic mass is 79.9. The topological polar surface area (TPSA) is 20.2 Å². The minimum Gasteiger partial charge on any atom is -0.381 e. The molecule has 0 aliphatic rings. The van der Waals surface area contributed by atoms with Gasteiger partial charge < -0.3 is 5.11 Å². The Morgan fingerprint density at radius 3 is 2.50 bits per heavy atom. The Kier molecular flexibility index (Phi) is 3.50. The van der Waals surface area contributed by atoms with Crippen LogP contribution in [0.1, 0.15) is 18.1 Å². The minimum atomic E-state index is -1.59. The molecule has 0 fully saturated rings. The molecular formula is C14H11BrF2O. The molecule has 1 atom stereocenters. The first-order valence-electron chi connectivity index (χ1n) is 5.35. The van der Waals surface area contributed by atoms with Crippen molar-refractivity contribution in [3.05, 3.63) is 69.7 Å². The van der Waals surface area contributed by atoms with E-state index in [9.17, 15) is 13.9 Å². The molecule has 94 valence electrons. The highest BCUT2D eigenvalue weighted by molar-refractivity contribution is 9.10. The molecule has 0 heterocycles. The molecule has 0 aromatic heterocycles. The lowest BCUT2D eigenvalue weighted by atomic mass is 9.88. The smallest absolute Gasteiger partial charge is 0.129 e. The van der Waals surface area contributed by atoms with Gasteiger partial charge in [0.15, 0.2) is 0 Å². The van der Waals surface area contributed by atoms with Crippen LogP contribution in [0, 0.1) is 11.6 Å². The van der Waals surface area contributed by atoms with E-state index in [0.29, 0.717) is 5.56 Å². The fraction of sp³-hybridized carbons (Fsp3) is 0.143. The zero-order chi connectivity index (χ0) is 13.3. The summed E-state index contributed by atoms with van der Waals surface area (Å²) < 4.78 is 27.7. The van der Waals surface area contributed by atoms with Crippen LogP contribution in [0.15, 0.2) is 46.9 Å². The summed E-state index contributed by atoms with van der Waals surface area (Å²) in [6.45, 7) is 1.44. The lowest BCUT2D eigenvalue weighted by Crippen LogP contribution is -2.24. The van der Waals surface area contributed by atoms with Gasteiger partial charge in [-0.2, -0.15) is 0 Å². The molecule has 1 nitrogen and oxygen atoms in total. The van der Waals surface area contributed by atoms with Crippen molar-refractivity contribution >= 4 is 15.9 Å². The van der Waals surface area contributed by atoms with Crippen LogP contribution in [-0.2, 0) is 5.60 Å². The van der Waals surface area contributed by atoms with E-state index in [1.54, 1.807) is 24.3 Å². The Balaban J connectivity index is 2.57. The van der Waals surface area contributed by atoms with Crippen molar-refractivity contribution in [2.75, 3.05) is 0 Å². The first-order valence-corrected chi connectivity index (χ1v) is 6.14. The second-order valence-corrected chi connectivity index (χ2v) is 5.12. The van der Waals surface area contributed by atoms with Gasteiger partial charge in [-0.25, -0.2) is 8.78 Å². The average molecular weight is 313 g/mol. The summed E-state index contributed by atoms with van der Waals surface area (Å²) in [4.78, 5) is 0. The molecule has 1 unspecified atom stereocenters. The van der Waals surface area contributed by atoms with Crippen LogP contribution in [0.5, 0.6) is 0 Å². The van der Waals surface area contributed by atoms with Crippen LogP contribution in [0.25, 0.3) is 0 Å². The third-order valence-electron chi connectivity index (χ3n) is 2.84. The van der Waals surface area contributed by atoms with Crippen LogP contribution in [0.3, 0.4) is 0 Å². The van der Waals surface area contributed by atoms with Crippen molar-refractivity contribution in [1.82, 2.24) is 0 Å². The highest BCUT2D eigenvalue weighted by Crippen LogP contribution is 2.32. The summed E-state index contributed by atoms with van der Waals surface area (Å²) >= 11 is 3.28. The molecule has 0 amide bonds. The highest BCUT2D eigenvalue weighted by Gasteiger charge is 2.29. The van der Waals surface area contributed by atoms with E-state index in [0.717, 1.165) is 22.7 Å². The third kappa shape index (κ3) is 2.44. The Labute approximate surface area is 112 Å². The molecule has 2 aromatic carbocycles. The van der Waals surface area contributed by atoms with E-state index < -0.39 is 17.2 Å². The predicted molar refractivity (Wildman–Crippen MR) is 69.2 cm³/mol. The predicted octanol–water partition coefficient (Wildman–Crippen LogP) is 3.98. The number of hydrogen-bond acceptors (Lipinski definition) is 1. The van der Waals surface area contributed by atoms with E-state index in [4.69, 9.17) is 0 Å². The Bertz CT molecular complexity index is 582. The van der Waals surface area contributed by atoms with Gasteiger partial charge in [-0.05, 0) is 42.8 Å². The first-order chi connectivity index (χ1) is 8.41. The summed E-state index contributed by atoms with van der Waals surface area (Å²) in [6.07, 6.45) is 0. The van der Waals surface area contributed by atoms with Gasteiger partial charge in [0.2, 0.25) is 0 Å². The molecule has 0 spiro atoms. The molecule has 0 aliphatic carbocycles. The van der Waals surface area contributed by atoms with Gasteiger partial charge in [-0.3, -0.25) is 0 Å². The van der Waals surface area contributed by atoms with Crippen LogP contribution in [0.2, 0.25) is 0 Å². The van der Waals surface area contributed by atoms with Crippen molar-refractivity contribution < 1.29 is 13.9 Å². The molecule has 2 aromatic rings. The average Bonchev–Trinajstić information content (AvgIpc) is 2.32. The summed E-state index contributed by atoms with van der Waals surface area (Å²) in [5.74, 6) is -1.22. The molecule has 0 saturated carbocycles. The van der Waals surface area contributed by atoms with E-state index in [-0.39, 0.29) is 5.56 Å². The fourth-order valence-corrected chi connectivity index (χ4v) is 2.22. The van der Waals surface area contributed by atoms with Crippen molar-refractivity contribution in [3.63, 3.8) is 0 Å². The zero-order valence-corrected chi connectivity index (χ0v) is 11.2. The zero-order valence-electron chi connectivity index (χ0n) is 9.62. The number of halogens is 3. The molecule has 0 aliphatic heterocycles. The van der Waals surface area contributed by atoms with Crippen molar-refractivity contribution in [2.45, 2.75) is 12.5 Å². The molecule has 0 radical (unpaired) electrons. The molecule has 18 heavy (non-hydrogen) atoms. The molecule has 2 rings (SSSR count). The lowest BCUT2D eigenvalue weighted by Gasteiger charge is -2.25. The van der Waals surface area contributed by atoms with Crippen molar-refractivity contribution in [1.29, 1.82) is 0 Å². The van der Waals surface area contributed by atoms with Crippen LogP contribution in [0.4, 0.5) is 8.78 Å². The Morgan fingerprint density at radius 2 is 1.83 bits per heavy atom. The second-order valence-electron chi connectivity index (χ2n) is 4.21. The molecule has 4 heteroatoms. The van der Waals surface area contributed by atoms with Gasteiger partial charge in [0.1, 0.15) is 17.2 Å². The standard InChI is InChI=1S/C14H11BrF2O/c1-14(18,9-3-2-4-10(15)7-9)12-8-11(16)5-6-13(12)17/h2-8,18H,1H3. The van der Waals surface area contributed by atoms with Gasteiger partial charge in [0, 0.05) is 10.0 Å². The number of rotatable bonds is 2. The van der Waals surface area contributed by atoms with Gasteiger partial charge in [-0.1, -0.05) is 28.1 Å². The largest absolute Gasteiger partial charge is 0.381 e. The van der Waals surface area contributed by atoms with Gasteiger partial charge >= 0.3 is 0 Å². The second kappa shape index (κ2) is 4.78. The summed E-state index contributed by atoms with van der Waals surface area (Å²) in [6, 6.07) is 9.90. The summed E-state index contributed by atoms with van der Waals surface area (Å²) in [7, 11) is 0. The quantitative estimate of drug-likeness (QED) is 0.889. The molecule has 1 N–H and O–H groups in total. The normalized spacial score (nSPS) is 14.3. The van der Waals surface area contributed by atoms with Crippen molar-refractivity contribution in [3.8, 4) is 0 Å². The van der Waals surface area contributed by atoms with E-state index in [1.165, 1.54) is 6.92 Å². The van der Waals surface area contributed by atoms with Gasteiger partial charge in [-0.15, -0.1) is 0 Å². The van der Waals surface area contributed by atoms with Gasteiger partial charge in [0.25, 0.3) is 0 Å². The maximum absolute atomic E-state index is 13.7. The summed E-state index contributed by atoms with van der Waals surface area (Å²) in [5.41, 5.74) is -1.18. The fourth-order valence-electron chi connectivity index (χ4n) is 1.82. The van der Waals surface area contributed by atoms with E-state index in [1.807, 2.05) is 0 Å².